The molecule has 0 amide bonds. The lowest BCUT2D eigenvalue weighted by Crippen LogP contribution is -2.38. The van der Waals surface area contributed by atoms with Crippen molar-refractivity contribution in [3.05, 3.63) is 35.4 Å². The van der Waals surface area contributed by atoms with E-state index in [0.717, 1.165) is 24.5 Å². The van der Waals surface area contributed by atoms with Crippen LogP contribution < -0.4 is 4.90 Å². The van der Waals surface area contributed by atoms with Gasteiger partial charge in [-0.2, -0.15) is 0 Å². The van der Waals surface area contributed by atoms with Crippen molar-refractivity contribution in [2.24, 2.45) is 0 Å². The van der Waals surface area contributed by atoms with E-state index < -0.39 is 5.97 Å². The van der Waals surface area contributed by atoms with Gasteiger partial charge in [0, 0.05) is 25.8 Å². The van der Waals surface area contributed by atoms with Gasteiger partial charge in [0.1, 0.15) is 11.6 Å². The number of piperidine rings is 1. The van der Waals surface area contributed by atoms with Gasteiger partial charge < -0.3 is 19.2 Å². The van der Waals surface area contributed by atoms with Crippen molar-refractivity contribution in [2.75, 3.05) is 18.6 Å². The van der Waals surface area contributed by atoms with E-state index in [-0.39, 0.29) is 5.76 Å². The predicted molar refractivity (Wildman–Crippen MR) is 98.6 cm³/mol. The van der Waals surface area contributed by atoms with E-state index in [9.17, 15) is 4.79 Å². The summed E-state index contributed by atoms with van der Waals surface area (Å²) in [7, 11) is 1.65. The summed E-state index contributed by atoms with van der Waals surface area (Å²) in [5.41, 5.74) is 0.837. The minimum absolute atomic E-state index is 0.0579. The number of ether oxygens (including phenoxy) is 1. The van der Waals surface area contributed by atoms with Gasteiger partial charge in [-0.1, -0.05) is 11.8 Å². The summed E-state index contributed by atoms with van der Waals surface area (Å²) >= 11 is 1.43. The van der Waals surface area contributed by atoms with Gasteiger partial charge in [-0.15, -0.1) is 0 Å². The Kier molecular flexibility index (Phi) is 6.16. The standard InChI is InChI=1S/C18H23N3O4S/c1-12-5-3-4-8-21(12)16-9-13(10-24-2)19-18(20-16)26-11-14-6-7-15(25-14)17(22)23/h6-7,9,12H,3-5,8,10-11H2,1-2H3,(H,22,23)/t12-/m0/s1. The van der Waals surface area contributed by atoms with Gasteiger partial charge in [0.15, 0.2) is 5.16 Å². The van der Waals surface area contributed by atoms with Crippen LogP contribution in [0.1, 0.15) is 48.2 Å². The summed E-state index contributed by atoms with van der Waals surface area (Å²) in [5, 5.41) is 9.58. The monoisotopic (exact) mass is 377 g/mol. The number of carboxylic acids is 1. The SMILES string of the molecule is COCc1cc(N2CCCC[C@@H]2C)nc(SCc2ccc(C(=O)O)o2)n1. The Hall–Kier alpha value is -2.06. The summed E-state index contributed by atoms with van der Waals surface area (Å²) < 4.78 is 10.5. The number of aromatic carboxylic acids is 1. The van der Waals surface area contributed by atoms with Crippen LogP contribution in [-0.4, -0.2) is 40.7 Å². The highest BCUT2D eigenvalue weighted by Crippen LogP contribution is 2.27. The zero-order chi connectivity index (χ0) is 18.5. The van der Waals surface area contributed by atoms with Crippen LogP contribution in [0.2, 0.25) is 0 Å². The molecular formula is C18H23N3O4S. The maximum atomic E-state index is 10.9. The van der Waals surface area contributed by atoms with Crippen molar-refractivity contribution >= 4 is 23.5 Å². The fourth-order valence-electron chi connectivity index (χ4n) is 3.04. The lowest BCUT2D eigenvalue weighted by atomic mass is 10.0. The third-order valence-corrected chi connectivity index (χ3v) is 5.22. The number of anilines is 1. The second-order valence-corrected chi connectivity index (χ2v) is 7.27. The highest BCUT2D eigenvalue weighted by atomic mass is 32.2. The summed E-state index contributed by atoms with van der Waals surface area (Å²) in [6, 6.07) is 5.57. The molecule has 3 heterocycles. The van der Waals surface area contributed by atoms with Crippen molar-refractivity contribution in [3.8, 4) is 0 Å². The molecule has 1 fully saturated rings. The molecule has 1 saturated heterocycles. The molecule has 3 rings (SSSR count). The molecule has 1 atom stereocenters. The van der Waals surface area contributed by atoms with Crippen molar-refractivity contribution in [2.45, 2.75) is 49.7 Å². The number of hydrogen-bond acceptors (Lipinski definition) is 7. The van der Waals surface area contributed by atoms with E-state index in [1.807, 2.05) is 6.07 Å². The molecule has 0 aromatic carbocycles. The molecule has 2 aromatic rings. The molecule has 0 saturated carbocycles. The Morgan fingerprint density at radius 2 is 2.27 bits per heavy atom. The first-order valence-electron chi connectivity index (χ1n) is 8.65. The molecule has 26 heavy (non-hydrogen) atoms. The molecule has 2 aromatic heterocycles. The number of furan rings is 1. The van der Waals surface area contributed by atoms with E-state index in [2.05, 4.69) is 16.8 Å². The average Bonchev–Trinajstić information content (AvgIpc) is 3.10. The van der Waals surface area contributed by atoms with Gasteiger partial charge in [-0.3, -0.25) is 0 Å². The van der Waals surface area contributed by atoms with Crippen LogP contribution in [0.25, 0.3) is 0 Å². The maximum Gasteiger partial charge on any atom is 0.371 e. The van der Waals surface area contributed by atoms with Gasteiger partial charge in [-0.05, 0) is 38.3 Å². The Morgan fingerprint density at radius 1 is 1.42 bits per heavy atom. The predicted octanol–water partition coefficient (Wildman–Crippen LogP) is 3.59. The van der Waals surface area contributed by atoms with Crippen LogP contribution in [0, 0.1) is 0 Å². The lowest BCUT2D eigenvalue weighted by molar-refractivity contribution is 0.0661. The van der Waals surface area contributed by atoms with Gasteiger partial charge in [0.05, 0.1) is 18.1 Å². The Balaban J connectivity index is 1.77. The normalized spacial score (nSPS) is 17.5. The summed E-state index contributed by atoms with van der Waals surface area (Å²) in [4.78, 5) is 22.5. The average molecular weight is 377 g/mol. The van der Waals surface area contributed by atoms with E-state index in [4.69, 9.17) is 19.2 Å². The van der Waals surface area contributed by atoms with Crippen LogP contribution in [0.15, 0.2) is 27.8 Å². The number of carboxylic acid groups (broad SMARTS) is 1. The zero-order valence-corrected chi connectivity index (χ0v) is 15.8. The minimum atomic E-state index is -1.07. The second-order valence-electron chi connectivity index (χ2n) is 6.33. The van der Waals surface area contributed by atoms with Crippen LogP contribution in [0.5, 0.6) is 0 Å². The number of rotatable bonds is 7. The van der Waals surface area contributed by atoms with Gasteiger partial charge >= 0.3 is 5.97 Å². The quantitative estimate of drug-likeness (QED) is 0.578. The number of thioether (sulfide) groups is 1. The molecule has 140 valence electrons. The van der Waals surface area contributed by atoms with Crippen molar-refractivity contribution in [3.63, 3.8) is 0 Å². The molecule has 1 aliphatic heterocycles. The van der Waals surface area contributed by atoms with Crippen molar-refractivity contribution < 1.29 is 19.1 Å². The number of aromatic nitrogens is 2. The fraction of sp³-hybridized carbons (Fsp3) is 0.500. The number of methoxy groups -OCH3 is 1. The fourth-order valence-corrected chi connectivity index (χ4v) is 3.80. The van der Waals surface area contributed by atoms with Gasteiger partial charge in [0.2, 0.25) is 5.76 Å². The largest absolute Gasteiger partial charge is 0.475 e. The van der Waals surface area contributed by atoms with E-state index in [0.29, 0.717) is 29.3 Å². The Morgan fingerprint density at radius 3 is 2.96 bits per heavy atom. The number of hydrogen-bond donors (Lipinski definition) is 1. The molecule has 0 radical (unpaired) electrons. The second kappa shape index (κ2) is 8.55. The molecule has 8 heteroatoms. The lowest BCUT2D eigenvalue weighted by Gasteiger charge is -2.34. The van der Waals surface area contributed by atoms with E-state index in [1.165, 1.54) is 30.7 Å². The molecule has 0 unspecified atom stereocenters. The van der Waals surface area contributed by atoms with Crippen LogP contribution >= 0.6 is 11.8 Å². The maximum absolute atomic E-state index is 10.9. The first-order valence-corrected chi connectivity index (χ1v) is 9.63. The molecule has 0 aliphatic carbocycles. The van der Waals surface area contributed by atoms with Crippen LogP contribution in [0.4, 0.5) is 5.82 Å². The van der Waals surface area contributed by atoms with Crippen LogP contribution in [0.3, 0.4) is 0 Å². The van der Waals surface area contributed by atoms with E-state index >= 15 is 0 Å². The highest BCUT2D eigenvalue weighted by molar-refractivity contribution is 7.98. The van der Waals surface area contributed by atoms with Crippen LogP contribution in [-0.2, 0) is 17.1 Å². The van der Waals surface area contributed by atoms with Gasteiger partial charge in [-0.25, -0.2) is 14.8 Å². The summed E-state index contributed by atoms with van der Waals surface area (Å²) in [5.74, 6) is 0.852. The molecule has 0 spiro atoms. The minimum Gasteiger partial charge on any atom is -0.475 e. The number of carbonyl (C=O) groups is 1. The molecule has 1 N–H and O–H groups in total. The van der Waals surface area contributed by atoms with Crippen molar-refractivity contribution in [1.29, 1.82) is 0 Å². The van der Waals surface area contributed by atoms with E-state index in [1.54, 1.807) is 13.2 Å². The third-order valence-electron chi connectivity index (χ3n) is 4.35. The summed E-state index contributed by atoms with van der Waals surface area (Å²) in [6.45, 7) is 3.64. The summed E-state index contributed by atoms with van der Waals surface area (Å²) in [6.07, 6.45) is 3.58. The third kappa shape index (κ3) is 4.56. The number of nitrogens with zero attached hydrogens (tertiary/aromatic N) is 3. The molecule has 7 nitrogen and oxygen atoms in total. The topological polar surface area (TPSA) is 88.7 Å². The smallest absolute Gasteiger partial charge is 0.371 e. The molecule has 0 bridgehead atoms. The first kappa shape index (κ1) is 18.7. The zero-order valence-electron chi connectivity index (χ0n) is 15.0. The first-order chi connectivity index (χ1) is 12.6. The molecular weight excluding hydrogens is 354 g/mol. The Bertz CT molecular complexity index is 765. The van der Waals surface area contributed by atoms with Gasteiger partial charge in [0.25, 0.3) is 0 Å². The van der Waals surface area contributed by atoms with Crippen molar-refractivity contribution in [1.82, 2.24) is 9.97 Å². The Labute approximate surface area is 156 Å². The molecule has 1 aliphatic rings. The highest BCUT2D eigenvalue weighted by Gasteiger charge is 2.21.